The third-order valence-electron chi connectivity index (χ3n) is 3.44. The molecule has 132 valence electrons. The van der Waals surface area contributed by atoms with Crippen molar-refractivity contribution in [3.05, 3.63) is 75.8 Å². The molecule has 0 aliphatic rings. The lowest BCUT2D eigenvalue weighted by molar-refractivity contribution is 0.102. The average molecular weight is 388 g/mol. The van der Waals surface area contributed by atoms with Gasteiger partial charge < -0.3 is 10.6 Å². The number of rotatable bonds is 5. The summed E-state index contributed by atoms with van der Waals surface area (Å²) in [5, 5.41) is 6.63. The number of pyridine rings is 1. The van der Waals surface area contributed by atoms with Crippen LogP contribution in [0.5, 0.6) is 0 Å². The number of aromatic nitrogens is 3. The highest BCUT2D eigenvalue weighted by Gasteiger charge is 2.12. The fourth-order valence-electron chi connectivity index (χ4n) is 2.22. The van der Waals surface area contributed by atoms with Crippen LogP contribution in [0.2, 0.25) is 10.0 Å². The first-order chi connectivity index (χ1) is 12.5. The van der Waals surface area contributed by atoms with E-state index < -0.39 is 0 Å². The van der Waals surface area contributed by atoms with Gasteiger partial charge in [-0.1, -0.05) is 29.3 Å². The summed E-state index contributed by atoms with van der Waals surface area (Å²) in [6.07, 6.45) is 3.46. The number of carbonyl (C=O) groups is 1. The maximum atomic E-state index is 12.5. The number of carbonyl (C=O) groups excluding carboxylic acids is 1. The van der Waals surface area contributed by atoms with Crippen LogP contribution in [0.4, 0.5) is 11.6 Å². The number of nitrogens with zero attached hydrogens (tertiary/aromatic N) is 3. The molecule has 0 aliphatic carbocycles. The van der Waals surface area contributed by atoms with Gasteiger partial charge in [0.2, 0.25) is 5.95 Å². The topological polar surface area (TPSA) is 79.8 Å². The zero-order chi connectivity index (χ0) is 18.5. The lowest BCUT2D eigenvalue weighted by Gasteiger charge is -2.09. The summed E-state index contributed by atoms with van der Waals surface area (Å²) in [7, 11) is 0. The van der Waals surface area contributed by atoms with E-state index in [1.54, 1.807) is 43.6 Å². The summed E-state index contributed by atoms with van der Waals surface area (Å²) in [6, 6.07) is 10.3. The molecule has 1 aromatic carbocycles. The van der Waals surface area contributed by atoms with Crippen LogP contribution < -0.4 is 10.6 Å². The molecule has 26 heavy (non-hydrogen) atoms. The minimum atomic E-state index is -0.363. The summed E-state index contributed by atoms with van der Waals surface area (Å²) < 4.78 is 0. The molecule has 0 unspecified atom stereocenters. The summed E-state index contributed by atoms with van der Waals surface area (Å²) >= 11 is 11.9. The lowest BCUT2D eigenvalue weighted by atomic mass is 10.2. The number of anilines is 2. The molecule has 0 radical (unpaired) electrons. The van der Waals surface area contributed by atoms with Gasteiger partial charge >= 0.3 is 0 Å². The Balaban J connectivity index is 1.73. The molecule has 2 heterocycles. The molecule has 0 atom stereocenters. The number of hydrogen-bond donors (Lipinski definition) is 2. The normalized spacial score (nSPS) is 10.4. The predicted octanol–water partition coefficient (Wildman–Crippen LogP) is 4.35. The van der Waals surface area contributed by atoms with Crippen LogP contribution >= 0.6 is 23.2 Å². The van der Waals surface area contributed by atoms with Gasteiger partial charge in [0.25, 0.3) is 5.91 Å². The van der Waals surface area contributed by atoms with E-state index in [-0.39, 0.29) is 11.6 Å². The number of amides is 1. The van der Waals surface area contributed by atoms with Crippen LogP contribution in [0.1, 0.15) is 21.7 Å². The smallest absolute Gasteiger partial charge is 0.274 e. The zero-order valence-electron chi connectivity index (χ0n) is 13.8. The van der Waals surface area contributed by atoms with Crippen LogP contribution in [0.15, 0.2) is 48.8 Å². The van der Waals surface area contributed by atoms with Crippen LogP contribution in [-0.4, -0.2) is 20.9 Å². The molecule has 3 rings (SSSR count). The quantitative estimate of drug-likeness (QED) is 0.679. The summed E-state index contributed by atoms with van der Waals surface area (Å²) in [5.74, 6) is 0.00598. The van der Waals surface area contributed by atoms with Crippen molar-refractivity contribution >= 4 is 40.7 Å². The molecule has 8 heteroatoms. The van der Waals surface area contributed by atoms with Gasteiger partial charge in [0, 0.05) is 30.3 Å². The fraction of sp³-hybridized carbons (Fsp3) is 0.111. The van der Waals surface area contributed by atoms with E-state index in [4.69, 9.17) is 23.2 Å². The number of nitrogens with one attached hydrogen (secondary N) is 2. The van der Waals surface area contributed by atoms with E-state index >= 15 is 0 Å². The van der Waals surface area contributed by atoms with Crippen molar-refractivity contribution in [1.82, 2.24) is 15.0 Å². The number of halogens is 2. The van der Waals surface area contributed by atoms with Gasteiger partial charge in [0.15, 0.2) is 0 Å². The van der Waals surface area contributed by atoms with Gasteiger partial charge in [-0.05, 0) is 42.8 Å². The summed E-state index contributed by atoms with van der Waals surface area (Å²) in [5.41, 5.74) is 2.44. The largest absolute Gasteiger partial charge is 0.350 e. The molecule has 0 spiro atoms. The fourth-order valence-corrected chi connectivity index (χ4v) is 2.51. The molecule has 0 aliphatic heterocycles. The van der Waals surface area contributed by atoms with Crippen molar-refractivity contribution in [3.63, 3.8) is 0 Å². The number of hydrogen-bond acceptors (Lipinski definition) is 5. The highest BCUT2D eigenvalue weighted by molar-refractivity contribution is 6.42. The van der Waals surface area contributed by atoms with E-state index in [0.29, 0.717) is 33.9 Å². The van der Waals surface area contributed by atoms with Crippen LogP contribution in [0, 0.1) is 6.92 Å². The Morgan fingerprint density at radius 2 is 1.96 bits per heavy atom. The van der Waals surface area contributed by atoms with Crippen molar-refractivity contribution in [2.45, 2.75) is 13.5 Å². The maximum Gasteiger partial charge on any atom is 0.274 e. The predicted molar refractivity (Wildman–Crippen MR) is 103 cm³/mol. The second kappa shape index (κ2) is 8.12. The molecule has 3 aromatic rings. The van der Waals surface area contributed by atoms with Crippen LogP contribution in [-0.2, 0) is 6.54 Å². The minimum absolute atomic E-state index is 0.247. The first kappa shape index (κ1) is 18.1. The van der Waals surface area contributed by atoms with Crippen molar-refractivity contribution in [2.24, 2.45) is 0 Å². The van der Waals surface area contributed by atoms with Gasteiger partial charge in [0.05, 0.1) is 10.0 Å². The third kappa shape index (κ3) is 4.68. The van der Waals surface area contributed by atoms with Crippen molar-refractivity contribution < 1.29 is 4.79 Å². The maximum absolute atomic E-state index is 12.5. The van der Waals surface area contributed by atoms with Gasteiger partial charge in [-0.15, -0.1) is 0 Å². The average Bonchev–Trinajstić information content (AvgIpc) is 2.63. The van der Waals surface area contributed by atoms with Gasteiger partial charge in [-0.2, -0.15) is 0 Å². The Labute approximate surface area is 160 Å². The molecule has 0 saturated heterocycles. The highest BCUT2D eigenvalue weighted by atomic mass is 35.5. The Morgan fingerprint density at radius 3 is 2.69 bits per heavy atom. The lowest BCUT2D eigenvalue weighted by Crippen LogP contribution is -2.16. The highest BCUT2D eigenvalue weighted by Crippen LogP contribution is 2.25. The van der Waals surface area contributed by atoms with Gasteiger partial charge in [-0.25, -0.2) is 9.97 Å². The van der Waals surface area contributed by atoms with Crippen molar-refractivity contribution in [2.75, 3.05) is 10.6 Å². The van der Waals surface area contributed by atoms with E-state index in [9.17, 15) is 4.79 Å². The molecule has 0 fully saturated rings. The first-order valence-electron chi connectivity index (χ1n) is 7.76. The molecule has 2 N–H and O–H groups in total. The SMILES string of the molecule is Cc1cc(C(=O)Nc2ccc(Cl)c(Cl)c2)nc(NCc2cccnc2)n1. The molecular weight excluding hydrogens is 373 g/mol. The third-order valence-corrected chi connectivity index (χ3v) is 4.18. The van der Waals surface area contributed by atoms with Gasteiger partial charge in [-0.3, -0.25) is 9.78 Å². The molecule has 0 bridgehead atoms. The molecule has 0 saturated carbocycles. The molecule has 1 amide bonds. The minimum Gasteiger partial charge on any atom is -0.350 e. The molecule has 6 nitrogen and oxygen atoms in total. The number of benzene rings is 1. The van der Waals surface area contributed by atoms with E-state index in [2.05, 4.69) is 25.6 Å². The summed E-state index contributed by atoms with van der Waals surface area (Å²) in [4.78, 5) is 25.1. The molecular formula is C18H15Cl2N5O. The number of aryl methyl sites for hydroxylation is 1. The zero-order valence-corrected chi connectivity index (χ0v) is 15.3. The van der Waals surface area contributed by atoms with E-state index in [1.165, 1.54) is 0 Å². The van der Waals surface area contributed by atoms with Crippen molar-refractivity contribution in [3.8, 4) is 0 Å². The monoisotopic (exact) mass is 387 g/mol. The Kier molecular flexibility index (Phi) is 5.65. The van der Waals surface area contributed by atoms with Crippen molar-refractivity contribution in [1.29, 1.82) is 0 Å². The Bertz CT molecular complexity index is 934. The van der Waals surface area contributed by atoms with Crippen LogP contribution in [0.25, 0.3) is 0 Å². The van der Waals surface area contributed by atoms with Crippen LogP contribution in [0.3, 0.4) is 0 Å². The first-order valence-corrected chi connectivity index (χ1v) is 8.52. The standard InChI is InChI=1S/C18H15Cl2N5O/c1-11-7-16(17(26)24-13-4-5-14(19)15(20)8-13)25-18(23-11)22-10-12-3-2-6-21-9-12/h2-9H,10H2,1H3,(H,24,26)(H,22,23,25). The molecule has 2 aromatic heterocycles. The van der Waals surface area contributed by atoms with E-state index in [0.717, 1.165) is 5.56 Å². The second-order valence-electron chi connectivity index (χ2n) is 5.52. The Hall–Kier alpha value is -2.70. The Morgan fingerprint density at radius 1 is 1.12 bits per heavy atom. The summed E-state index contributed by atoms with van der Waals surface area (Å²) in [6.45, 7) is 2.30. The van der Waals surface area contributed by atoms with E-state index in [1.807, 2.05) is 12.1 Å². The van der Waals surface area contributed by atoms with Gasteiger partial charge in [0.1, 0.15) is 5.69 Å². The second-order valence-corrected chi connectivity index (χ2v) is 6.33.